The molecule has 0 saturated heterocycles. The highest BCUT2D eigenvalue weighted by Gasteiger charge is 2.05. The van der Waals surface area contributed by atoms with Crippen molar-refractivity contribution in [3.05, 3.63) is 47.6 Å². The van der Waals surface area contributed by atoms with Gasteiger partial charge < -0.3 is 15.0 Å². The number of aromatic nitrogens is 1. The van der Waals surface area contributed by atoms with Gasteiger partial charge in [-0.15, -0.1) is 0 Å². The van der Waals surface area contributed by atoms with Crippen LogP contribution < -0.4 is 10.5 Å². The van der Waals surface area contributed by atoms with E-state index in [1.165, 1.54) is 18.3 Å². The summed E-state index contributed by atoms with van der Waals surface area (Å²) >= 11 is 0. The summed E-state index contributed by atoms with van der Waals surface area (Å²) in [4.78, 5) is 0. The smallest absolute Gasteiger partial charge is 0.174 e. The topological polar surface area (TPSA) is 61.3 Å². The molecular formula is C11H11FN2O2. The summed E-state index contributed by atoms with van der Waals surface area (Å²) in [5, 5.41) is 3.55. The van der Waals surface area contributed by atoms with E-state index < -0.39 is 0 Å². The van der Waals surface area contributed by atoms with Crippen LogP contribution in [-0.4, -0.2) is 5.16 Å². The van der Waals surface area contributed by atoms with Gasteiger partial charge in [-0.3, -0.25) is 0 Å². The molecule has 1 aromatic heterocycles. The SMILES string of the molecule is NCc1cc(F)ccc1OCc1ccno1. The van der Waals surface area contributed by atoms with Crippen LogP contribution in [0.1, 0.15) is 11.3 Å². The minimum Gasteiger partial charge on any atom is -0.485 e. The van der Waals surface area contributed by atoms with Crippen LogP contribution in [0.4, 0.5) is 4.39 Å². The van der Waals surface area contributed by atoms with Crippen LogP contribution in [0.15, 0.2) is 35.0 Å². The zero-order valence-electron chi connectivity index (χ0n) is 8.52. The number of benzene rings is 1. The number of rotatable bonds is 4. The van der Waals surface area contributed by atoms with Gasteiger partial charge in [0.1, 0.15) is 18.2 Å². The molecule has 84 valence electrons. The van der Waals surface area contributed by atoms with Gasteiger partial charge in [0.2, 0.25) is 0 Å². The van der Waals surface area contributed by atoms with Gasteiger partial charge in [0.15, 0.2) is 5.76 Å². The van der Waals surface area contributed by atoms with E-state index in [0.717, 1.165) is 0 Å². The summed E-state index contributed by atoms with van der Waals surface area (Å²) in [6.07, 6.45) is 1.53. The first-order valence-electron chi connectivity index (χ1n) is 4.80. The number of halogens is 1. The van der Waals surface area contributed by atoms with Crippen molar-refractivity contribution < 1.29 is 13.7 Å². The van der Waals surface area contributed by atoms with Crippen molar-refractivity contribution in [3.63, 3.8) is 0 Å². The van der Waals surface area contributed by atoms with Crippen molar-refractivity contribution >= 4 is 0 Å². The molecule has 1 heterocycles. The lowest BCUT2D eigenvalue weighted by Crippen LogP contribution is -2.02. The maximum absolute atomic E-state index is 12.9. The fourth-order valence-corrected chi connectivity index (χ4v) is 1.31. The largest absolute Gasteiger partial charge is 0.485 e. The molecular weight excluding hydrogens is 211 g/mol. The van der Waals surface area contributed by atoms with E-state index in [1.54, 1.807) is 12.1 Å². The minimum atomic E-state index is -0.326. The molecule has 0 spiro atoms. The van der Waals surface area contributed by atoms with Gasteiger partial charge in [0.25, 0.3) is 0 Å². The van der Waals surface area contributed by atoms with Crippen molar-refractivity contribution in [1.82, 2.24) is 5.16 Å². The third-order valence-electron chi connectivity index (χ3n) is 2.10. The molecule has 0 radical (unpaired) electrons. The number of nitrogens with two attached hydrogens (primary N) is 1. The molecule has 2 rings (SSSR count). The molecule has 0 amide bonds. The first-order valence-corrected chi connectivity index (χ1v) is 4.80. The maximum Gasteiger partial charge on any atom is 0.174 e. The van der Waals surface area contributed by atoms with Crippen molar-refractivity contribution in [3.8, 4) is 5.75 Å². The number of nitrogens with zero attached hydrogens (tertiary/aromatic N) is 1. The highest BCUT2D eigenvalue weighted by Crippen LogP contribution is 2.20. The molecule has 5 heteroatoms. The third-order valence-corrected chi connectivity index (χ3v) is 2.10. The van der Waals surface area contributed by atoms with Gasteiger partial charge in [-0.25, -0.2) is 4.39 Å². The standard InChI is InChI=1S/C11H11FN2O2/c12-9-1-2-11(8(5-9)6-13)15-7-10-3-4-14-16-10/h1-5H,6-7,13H2. The molecule has 0 bridgehead atoms. The molecule has 2 aromatic rings. The van der Waals surface area contributed by atoms with Gasteiger partial charge in [-0.05, 0) is 18.2 Å². The lowest BCUT2D eigenvalue weighted by molar-refractivity contribution is 0.247. The quantitative estimate of drug-likeness (QED) is 0.857. The van der Waals surface area contributed by atoms with Crippen LogP contribution in [0, 0.1) is 5.82 Å². The van der Waals surface area contributed by atoms with Gasteiger partial charge >= 0.3 is 0 Å². The zero-order chi connectivity index (χ0) is 11.4. The Balaban J connectivity index is 2.09. The van der Waals surface area contributed by atoms with Crippen molar-refractivity contribution in [1.29, 1.82) is 0 Å². The van der Waals surface area contributed by atoms with Crippen molar-refractivity contribution in [2.45, 2.75) is 13.2 Å². The maximum atomic E-state index is 12.9. The van der Waals surface area contributed by atoms with E-state index in [4.69, 9.17) is 15.0 Å². The lowest BCUT2D eigenvalue weighted by atomic mass is 10.2. The van der Waals surface area contributed by atoms with E-state index in [1.807, 2.05) is 0 Å². The summed E-state index contributed by atoms with van der Waals surface area (Å²) in [6.45, 7) is 0.474. The molecule has 0 aliphatic heterocycles. The molecule has 0 fully saturated rings. The summed E-state index contributed by atoms with van der Waals surface area (Å²) in [5.74, 6) is 0.833. The Hall–Kier alpha value is -1.88. The first-order chi connectivity index (χ1) is 7.79. The van der Waals surface area contributed by atoms with Gasteiger partial charge in [-0.2, -0.15) is 0 Å². The van der Waals surface area contributed by atoms with E-state index in [-0.39, 0.29) is 19.0 Å². The van der Waals surface area contributed by atoms with E-state index in [0.29, 0.717) is 17.1 Å². The summed E-state index contributed by atoms with van der Waals surface area (Å²) in [5.41, 5.74) is 6.11. The van der Waals surface area contributed by atoms with E-state index in [9.17, 15) is 4.39 Å². The highest BCUT2D eigenvalue weighted by atomic mass is 19.1. The van der Waals surface area contributed by atoms with Crippen molar-refractivity contribution in [2.24, 2.45) is 5.73 Å². The zero-order valence-corrected chi connectivity index (χ0v) is 8.52. The van der Waals surface area contributed by atoms with Crippen molar-refractivity contribution in [2.75, 3.05) is 0 Å². The molecule has 16 heavy (non-hydrogen) atoms. The number of ether oxygens (including phenoxy) is 1. The Morgan fingerprint density at radius 1 is 1.38 bits per heavy atom. The molecule has 4 nitrogen and oxygen atoms in total. The summed E-state index contributed by atoms with van der Waals surface area (Å²) in [7, 11) is 0. The second-order valence-electron chi connectivity index (χ2n) is 3.22. The van der Waals surface area contributed by atoms with Gasteiger partial charge in [-0.1, -0.05) is 5.16 Å². The Morgan fingerprint density at radius 2 is 2.25 bits per heavy atom. The third kappa shape index (κ3) is 2.38. The monoisotopic (exact) mass is 222 g/mol. The molecule has 2 N–H and O–H groups in total. The Kier molecular flexibility index (Phi) is 3.16. The fraction of sp³-hybridized carbons (Fsp3) is 0.182. The van der Waals surface area contributed by atoms with Crippen LogP contribution >= 0.6 is 0 Å². The molecule has 0 aliphatic rings. The van der Waals surface area contributed by atoms with Crippen LogP contribution in [0.2, 0.25) is 0 Å². The molecule has 0 saturated carbocycles. The second-order valence-corrected chi connectivity index (χ2v) is 3.22. The number of hydrogen-bond acceptors (Lipinski definition) is 4. The first kappa shape index (κ1) is 10.6. The van der Waals surface area contributed by atoms with Gasteiger partial charge in [0, 0.05) is 18.2 Å². The lowest BCUT2D eigenvalue weighted by Gasteiger charge is -2.08. The van der Waals surface area contributed by atoms with Crippen LogP contribution in [0.3, 0.4) is 0 Å². The Bertz CT molecular complexity index is 457. The molecule has 0 atom stereocenters. The predicted molar refractivity (Wildman–Crippen MR) is 55.1 cm³/mol. The Labute approximate surface area is 91.8 Å². The molecule has 0 unspecified atom stereocenters. The normalized spacial score (nSPS) is 10.4. The fourth-order valence-electron chi connectivity index (χ4n) is 1.31. The van der Waals surface area contributed by atoms with Crippen LogP contribution in [0.5, 0.6) is 5.75 Å². The second kappa shape index (κ2) is 4.76. The Morgan fingerprint density at radius 3 is 2.94 bits per heavy atom. The highest BCUT2D eigenvalue weighted by molar-refractivity contribution is 5.33. The molecule has 1 aromatic carbocycles. The number of hydrogen-bond donors (Lipinski definition) is 1. The summed E-state index contributed by atoms with van der Waals surface area (Å²) in [6, 6.07) is 5.93. The van der Waals surface area contributed by atoms with Gasteiger partial charge in [0.05, 0.1) is 6.20 Å². The molecule has 0 aliphatic carbocycles. The van der Waals surface area contributed by atoms with Crippen LogP contribution in [-0.2, 0) is 13.2 Å². The van der Waals surface area contributed by atoms with Crippen LogP contribution in [0.25, 0.3) is 0 Å². The van der Waals surface area contributed by atoms with E-state index in [2.05, 4.69) is 5.16 Å². The van der Waals surface area contributed by atoms with E-state index >= 15 is 0 Å². The predicted octanol–water partition coefficient (Wildman–Crippen LogP) is 1.85. The minimum absolute atomic E-state index is 0.226. The average molecular weight is 222 g/mol. The average Bonchev–Trinajstić information content (AvgIpc) is 2.80. The summed E-state index contributed by atoms with van der Waals surface area (Å²) < 4.78 is 23.2.